The van der Waals surface area contributed by atoms with Gasteiger partial charge in [-0.3, -0.25) is 0 Å². The van der Waals surface area contributed by atoms with Gasteiger partial charge < -0.3 is 15.0 Å². The van der Waals surface area contributed by atoms with Gasteiger partial charge in [0, 0.05) is 39.3 Å². The third-order valence-corrected chi connectivity index (χ3v) is 5.98. The number of aliphatic hydroxyl groups is 1. The Bertz CT molecular complexity index is 773. The second-order valence-electron chi connectivity index (χ2n) is 5.73. The highest BCUT2D eigenvalue weighted by Gasteiger charge is 2.36. The minimum atomic E-state index is -3.34. The van der Waals surface area contributed by atoms with Crippen LogP contribution in [0, 0.1) is 5.92 Å². The molecule has 0 bridgehead atoms. The molecule has 1 fully saturated rings. The molecule has 2 atom stereocenters. The minimum Gasteiger partial charge on any atom is -0.391 e. The zero-order valence-electron chi connectivity index (χ0n) is 12.5. The van der Waals surface area contributed by atoms with E-state index in [0.717, 1.165) is 16.9 Å². The van der Waals surface area contributed by atoms with Crippen LogP contribution in [-0.2, 0) is 10.0 Å². The zero-order valence-corrected chi connectivity index (χ0v) is 13.3. The van der Waals surface area contributed by atoms with E-state index in [2.05, 4.69) is 15.0 Å². The third kappa shape index (κ3) is 2.67. The van der Waals surface area contributed by atoms with Crippen LogP contribution in [-0.4, -0.2) is 71.8 Å². The lowest BCUT2D eigenvalue weighted by Crippen LogP contribution is -2.33. The summed E-state index contributed by atoms with van der Waals surface area (Å²) in [4.78, 5) is 13.4. The highest BCUT2D eigenvalue weighted by Crippen LogP contribution is 2.28. The van der Waals surface area contributed by atoms with Crippen molar-refractivity contribution in [3.63, 3.8) is 0 Å². The molecule has 0 aromatic carbocycles. The van der Waals surface area contributed by atoms with E-state index in [1.807, 2.05) is 11.0 Å². The Morgan fingerprint density at radius 3 is 2.91 bits per heavy atom. The number of hydrogen-bond donors (Lipinski definition) is 2. The molecule has 2 N–H and O–H groups in total. The molecule has 0 spiro atoms. The predicted octanol–water partition coefficient (Wildman–Crippen LogP) is -0.354. The molecule has 0 unspecified atom stereocenters. The van der Waals surface area contributed by atoms with Gasteiger partial charge in [0.2, 0.25) is 10.0 Å². The van der Waals surface area contributed by atoms with Gasteiger partial charge in [-0.2, -0.15) is 0 Å². The third-order valence-electron chi connectivity index (χ3n) is 4.02. The van der Waals surface area contributed by atoms with Gasteiger partial charge in [-0.1, -0.05) is 0 Å². The van der Waals surface area contributed by atoms with Crippen molar-refractivity contribution in [1.29, 1.82) is 0 Å². The Balaban J connectivity index is 1.83. The molecule has 1 aliphatic rings. The smallest absolute Gasteiger partial charge is 0.214 e. The summed E-state index contributed by atoms with van der Waals surface area (Å²) >= 11 is 0. The molecule has 3 heterocycles. The van der Waals surface area contributed by atoms with E-state index in [9.17, 15) is 13.5 Å². The topological polar surface area (TPSA) is 102 Å². The first-order valence-electron chi connectivity index (χ1n) is 7.00. The molecule has 9 heteroatoms. The largest absolute Gasteiger partial charge is 0.391 e. The van der Waals surface area contributed by atoms with E-state index < -0.39 is 16.1 Å². The van der Waals surface area contributed by atoms with Crippen molar-refractivity contribution in [2.24, 2.45) is 5.92 Å². The van der Waals surface area contributed by atoms with Gasteiger partial charge in [0.1, 0.15) is 17.8 Å². The average molecular weight is 325 g/mol. The molecular formula is C13H19N5O3S. The number of hydrogen-bond acceptors (Lipinski definition) is 6. The van der Waals surface area contributed by atoms with Crippen LogP contribution in [0.15, 0.2) is 18.6 Å². The Morgan fingerprint density at radius 1 is 1.41 bits per heavy atom. The summed E-state index contributed by atoms with van der Waals surface area (Å²) in [6.45, 7) is 0.816. The lowest BCUT2D eigenvalue weighted by Gasteiger charge is -2.18. The van der Waals surface area contributed by atoms with Crippen LogP contribution in [0.1, 0.15) is 0 Å². The Morgan fingerprint density at radius 2 is 2.18 bits per heavy atom. The quantitative estimate of drug-likeness (QED) is 0.796. The molecule has 2 aromatic rings. The van der Waals surface area contributed by atoms with Gasteiger partial charge in [-0.15, -0.1) is 0 Å². The van der Waals surface area contributed by atoms with Crippen molar-refractivity contribution in [2.45, 2.75) is 6.10 Å². The van der Waals surface area contributed by atoms with E-state index in [-0.39, 0.29) is 11.7 Å². The Hall–Kier alpha value is -1.71. The lowest BCUT2D eigenvalue weighted by molar-refractivity contribution is 0.157. The van der Waals surface area contributed by atoms with Gasteiger partial charge in [0.25, 0.3) is 0 Å². The SMILES string of the molecule is CN(C)S(=O)(=O)C[C@@H]1CN(c2ncnc3[nH]ccc23)C[C@@H]1O. The highest BCUT2D eigenvalue weighted by atomic mass is 32.2. The summed E-state index contributed by atoms with van der Waals surface area (Å²) in [5.74, 6) is 0.311. The first kappa shape index (κ1) is 15.2. The molecule has 2 aromatic heterocycles. The zero-order chi connectivity index (χ0) is 15.9. The highest BCUT2D eigenvalue weighted by molar-refractivity contribution is 7.89. The minimum absolute atomic E-state index is 0.0704. The molecule has 0 aliphatic carbocycles. The summed E-state index contributed by atoms with van der Waals surface area (Å²) in [6, 6.07) is 1.88. The average Bonchev–Trinajstić information content (AvgIpc) is 3.05. The second-order valence-corrected chi connectivity index (χ2v) is 7.96. The summed E-state index contributed by atoms with van der Waals surface area (Å²) < 4.78 is 25.2. The number of aromatic nitrogens is 3. The van der Waals surface area contributed by atoms with Crippen LogP contribution in [0.3, 0.4) is 0 Å². The fraction of sp³-hybridized carbons (Fsp3) is 0.538. The normalized spacial score (nSPS) is 22.8. The van der Waals surface area contributed by atoms with Crippen LogP contribution in [0.5, 0.6) is 0 Å². The molecule has 22 heavy (non-hydrogen) atoms. The first-order chi connectivity index (χ1) is 10.4. The van der Waals surface area contributed by atoms with Crippen molar-refractivity contribution < 1.29 is 13.5 Å². The molecular weight excluding hydrogens is 306 g/mol. The molecule has 0 amide bonds. The summed E-state index contributed by atoms with van der Waals surface area (Å²) in [7, 11) is -0.340. The summed E-state index contributed by atoms with van der Waals surface area (Å²) in [6.07, 6.45) is 2.55. The number of nitrogens with zero attached hydrogens (tertiary/aromatic N) is 4. The van der Waals surface area contributed by atoms with Crippen LogP contribution >= 0.6 is 0 Å². The number of anilines is 1. The van der Waals surface area contributed by atoms with Crippen LogP contribution in [0.25, 0.3) is 11.0 Å². The maximum absolute atomic E-state index is 12.0. The number of rotatable bonds is 4. The number of aromatic amines is 1. The van der Waals surface area contributed by atoms with Gasteiger partial charge in [0.05, 0.1) is 17.2 Å². The molecule has 8 nitrogen and oxygen atoms in total. The fourth-order valence-corrected chi connectivity index (χ4v) is 3.89. The van der Waals surface area contributed by atoms with Crippen molar-refractivity contribution in [3.8, 4) is 0 Å². The standard InChI is InChI=1S/C13H19N5O3S/c1-17(2)22(20,21)7-9-5-18(6-11(9)19)13-10-3-4-14-12(10)15-8-16-13/h3-4,8-9,11,19H,5-7H2,1-2H3,(H,14,15,16)/t9-,11-/m0/s1. The number of sulfonamides is 1. The summed E-state index contributed by atoms with van der Waals surface area (Å²) in [5.41, 5.74) is 0.726. The number of nitrogens with one attached hydrogen (secondary N) is 1. The Kier molecular flexibility index (Phi) is 3.79. The maximum atomic E-state index is 12.0. The predicted molar refractivity (Wildman–Crippen MR) is 83.1 cm³/mol. The Labute approximate surface area is 128 Å². The van der Waals surface area contributed by atoms with Gasteiger partial charge in [0.15, 0.2) is 0 Å². The first-order valence-corrected chi connectivity index (χ1v) is 8.60. The molecule has 1 saturated heterocycles. The number of β-amino-alcohol motifs (C(OH)–C–C–N with tert-alkyl or cyclic N) is 1. The van der Waals surface area contributed by atoms with E-state index >= 15 is 0 Å². The van der Waals surface area contributed by atoms with E-state index in [4.69, 9.17) is 0 Å². The van der Waals surface area contributed by atoms with Crippen molar-refractivity contribution in [2.75, 3.05) is 37.8 Å². The lowest BCUT2D eigenvalue weighted by atomic mass is 10.1. The number of fused-ring (bicyclic) bond motifs is 1. The number of H-pyrrole nitrogens is 1. The fourth-order valence-electron chi connectivity index (χ4n) is 2.72. The van der Waals surface area contributed by atoms with Gasteiger partial charge >= 0.3 is 0 Å². The molecule has 1 aliphatic heterocycles. The molecule has 120 valence electrons. The maximum Gasteiger partial charge on any atom is 0.214 e. The number of aliphatic hydroxyl groups excluding tert-OH is 1. The van der Waals surface area contributed by atoms with Gasteiger partial charge in [-0.25, -0.2) is 22.7 Å². The van der Waals surface area contributed by atoms with Crippen LogP contribution < -0.4 is 4.90 Å². The van der Waals surface area contributed by atoms with Crippen molar-refractivity contribution >= 4 is 26.9 Å². The van der Waals surface area contributed by atoms with Crippen LogP contribution in [0.2, 0.25) is 0 Å². The molecule has 0 radical (unpaired) electrons. The van der Waals surface area contributed by atoms with E-state index in [0.29, 0.717) is 13.1 Å². The van der Waals surface area contributed by atoms with E-state index in [1.54, 1.807) is 6.20 Å². The van der Waals surface area contributed by atoms with Crippen molar-refractivity contribution in [3.05, 3.63) is 18.6 Å². The second kappa shape index (κ2) is 5.49. The summed E-state index contributed by atoms with van der Waals surface area (Å²) in [5, 5.41) is 11.1. The van der Waals surface area contributed by atoms with Crippen molar-refractivity contribution in [1.82, 2.24) is 19.3 Å². The van der Waals surface area contributed by atoms with Gasteiger partial charge in [-0.05, 0) is 6.07 Å². The molecule has 3 rings (SSSR count). The van der Waals surface area contributed by atoms with E-state index in [1.165, 1.54) is 24.7 Å². The monoisotopic (exact) mass is 325 g/mol. The molecule has 0 saturated carbocycles. The van der Waals surface area contributed by atoms with Crippen LogP contribution in [0.4, 0.5) is 5.82 Å².